The molecule has 0 unspecified atom stereocenters. The molecular formula is C33H53ClN4O5. The molecule has 3 fully saturated rings. The van der Waals surface area contributed by atoms with E-state index >= 15 is 0 Å². The van der Waals surface area contributed by atoms with Crippen LogP contribution in [-0.4, -0.2) is 90.1 Å². The predicted molar refractivity (Wildman–Crippen MR) is 171 cm³/mol. The number of nitrogens with one attached hydrogen (secondary N) is 2. The summed E-state index contributed by atoms with van der Waals surface area (Å²) in [5, 5.41) is 16.8. The molecule has 3 aliphatic rings. The highest BCUT2D eigenvalue weighted by molar-refractivity contribution is 6.00. The minimum absolute atomic E-state index is 0. The molecule has 1 spiro atoms. The number of hydrogen-bond donors (Lipinski definition) is 3. The van der Waals surface area contributed by atoms with Crippen LogP contribution in [0.5, 0.6) is 5.75 Å². The van der Waals surface area contributed by atoms with Gasteiger partial charge in [-0.25, -0.2) is 0 Å². The summed E-state index contributed by atoms with van der Waals surface area (Å²) in [7, 11) is 1.62. The molecule has 0 radical (unpaired) electrons. The molecule has 3 amide bonds. The van der Waals surface area contributed by atoms with E-state index in [0.29, 0.717) is 31.6 Å². The molecule has 1 aromatic carbocycles. The Morgan fingerprint density at radius 2 is 1.70 bits per heavy atom. The first-order valence-electron chi connectivity index (χ1n) is 16.4. The molecule has 0 bridgehead atoms. The maximum absolute atomic E-state index is 13.8. The fraction of sp³-hybridized carbons (Fsp3) is 0.727. The summed E-state index contributed by atoms with van der Waals surface area (Å²) in [5.41, 5.74) is -0.169. The van der Waals surface area contributed by atoms with Gasteiger partial charge in [-0.15, -0.1) is 12.4 Å². The number of aliphatic hydroxyl groups excluding tert-OH is 1. The summed E-state index contributed by atoms with van der Waals surface area (Å²) in [4.78, 5) is 43.4. The second-order valence-electron chi connectivity index (χ2n) is 12.4. The van der Waals surface area contributed by atoms with Crippen LogP contribution in [0.4, 0.5) is 0 Å². The van der Waals surface area contributed by atoms with Crippen molar-refractivity contribution in [2.75, 3.05) is 39.8 Å². The van der Waals surface area contributed by atoms with Crippen molar-refractivity contribution in [3.8, 4) is 5.75 Å². The fourth-order valence-electron chi connectivity index (χ4n) is 6.93. The Labute approximate surface area is 263 Å². The number of piperazine rings is 1. The summed E-state index contributed by atoms with van der Waals surface area (Å²) in [6.07, 6.45) is 11.8. The summed E-state index contributed by atoms with van der Waals surface area (Å²) < 4.78 is 5.82. The first kappa shape index (κ1) is 35.1. The second-order valence-corrected chi connectivity index (χ2v) is 12.4. The quantitative estimate of drug-likeness (QED) is 0.267. The first-order chi connectivity index (χ1) is 20.4. The van der Waals surface area contributed by atoms with Gasteiger partial charge in [-0.3, -0.25) is 14.4 Å². The van der Waals surface area contributed by atoms with E-state index in [0.717, 1.165) is 89.6 Å². The molecule has 1 saturated carbocycles. The number of hydrogen-bond acceptors (Lipinski definition) is 6. The number of unbranched alkanes of at least 4 members (excludes halogenated alkanes) is 4. The highest BCUT2D eigenvalue weighted by Gasteiger charge is 2.55. The van der Waals surface area contributed by atoms with E-state index in [9.17, 15) is 19.5 Å². The molecule has 1 aliphatic carbocycles. The van der Waals surface area contributed by atoms with Crippen molar-refractivity contribution in [2.45, 2.75) is 108 Å². The Kier molecular flexibility index (Phi) is 14.1. The van der Waals surface area contributed by atoms with Crippen molar-refractivity contribution >= 4 is 30.1 Å². The number of amides is 3. The Balaban J connectivity index is 0.00000506. The molecule has 2 heterocycles. The Bertz CT molecular complexity index is 1020. The van der Waals surface area contributed by atoms with Crippen molar-refractivity contribution in [1.29, 1.82) is 0 Å². The van der Waals surface area contributed by atoms with Crippen LogP contribution in [0.1, 0.15) is 101 Å². The largest absolute Gasteiger partial charge is 0.494 e. The molecule has 242 valence electrons. The third-order valence-electron chi connectivity index (χ3n) is 9.63. The van der Waals surface area contributed by atoms with Gasteiger partial charge >= 0.3 is 0 Å². The molecule has 9 nitrogen and oxygen atoms in total. The zero-order valence-corrected chi connectivity index (χ0v) is 27.0. The van der Waals surface area contributed by atoms with Crippen molar-refractivity contribution < 1.29 is 24.2 Å². The number of rotatable bonds is 14. The molecule has 4 rings (SSSR count). The number of halogens is 1. The monoisotopic (exact) mass is 620 g/mol. The highest BCUT2D eigenvalue weighted by atomic mass is 35.5. The van der Waals surface area contributed by atoms with Crippen LogP contribution in [0, 0.1) is 5.92 Å². The average Bonchev–Trinajstić information content (AvgIpc) is 3.03. The van der Waals surface area contributed by atoms with Gasteiger partial charge in [0.25, 0.3) is 5.91 Å². The number of carbonyl (C=O) groups excluding carboxylic acids is 3. The summed E-state index contributed by atoms with van der Waals surface area (Å²) in [5.74, 6) is 0.608. The van der Waals surface area contributed by atoms with E-state index < -0.39 is 17.7 Å². The van der Waals surface area contributed by atoms with E-state index in [-0.39, 0.29) is 36.0 Å². The van der Waals surface area contributed by atoms with Crippen molar-refractivity contribution in [1.82, 2.24) is 20.4 Å². The zero-order chi connectivity index (χ0) is 30.0. The van der Waals surface area contributed by atoms with E-state index in [2.05, 4.69) is 22.5 Å². The molecule has 3 N–H and O–H groups in total. The number of benzene rings is 1. The normalized spacial score (nSPS) is 21.7. The van der Waals surface area contributed by atoms with Crippen molar-refractivity contribution in [3.05, 3.63) is 29.8 Å². The lowest BCUT2D eigenvalue weighted by molar-refractivity contribution is -0.165. The average molecular weight is 621 g/mol. The summed E-state index contributed by atoms with van der Waals surface area (Å²) in [6, 6.07) is 6.39. The third kappa shape index (κ3) is 8.85. The van der Waals surface area contributed by atoms with Gasteiger partial charge in [0.2, 0.25) is 11.8 Å². The molecule has 1 aromatic rings. The predicted octanol–water partition coefficient (Wildman–Crippen LogP) is 4.31. The van der Waals surface area contributed by atoms with E-state index in [4.69, 9.17) is 4.74 Å². The lowest BCUT2D eigenvalue weighted by Crippen LogP contribution is -2.75. The molecule has 2 saturated heterocycles. The van der Waals surface area contributed by atoms with Crippen molar-refractivity contribution in [3.63, 3.8) is 0 Å². The van der Waals surface area contributed by atoms with E-state index in [1.807, 2.05) is 17.0 Å². The van der Waals surface area contributed by atoms with Crippen LogP contribution in [0.25, 0.3) is 0 Å². The second kappa shape index (κ2) is 17.2. The molecule has 2 atom stereocenters. The first-order valence-corrected chi connectivity index (χ1v) is 16.4. The third-order valence-corrected chi connectivity index (χ3v) is 9.63. The number of carbonyl (C=O) groups is 3. The van der Waals surface area contributed by atoms with Crippen LogP contribution in [-0.2, 0) is 9.59 Å². The topological polar surface area (TPSA) is 111 Å². The van der Waals surface area contributed by atoms with Gasteiger partial charge in [0.05, 0.1) is 12.7 Å². The molecule has 0 aromatic heterocycles. The van der Waals surface area contributed by atoms with Crippen LogP contribution in [0.2, 0.25) is 0 Å². The van der Waals surface area contributed by atoms with E-state index in [1.54, 1.807) is 19.2 Å². The number of piperidine rings is 1. The fourth-order valence-corrected chi connectivity index (χ4v) is 6.93. The minimum Gasteiger partial charge on any atom is -0.494 e. The van der Waals surface area contributed by atoms with Crippen LogP contribution in [0.15, 0.2) is 24.3 Å². The van der Waals surface area contributed by atoms with Gasteiger partial charge in [-0.2, -0.15) is 0 Å². The molecular weight excluding hydrogens is 568 g/mol. The SMILES string of the molecule is CCCCN1C(=O)[C@@H]([C@H](O)C2CCCCC2)NC(=O)C12CCN(CCCCCCOc1ccc(C(=O)NC)cc1)CC2.Cl. The standard InChI is InChI=1S/C33H52N4O5.ClH/c1-3-4-21-37-31(40)28(29(38)25-12-8-7-9-13-25)35-32(41)33(37)18-22-36(23-19-33)20-10-5-6-11-24-42-27-16-14-26(15-17-27)30(39)34-2;/h14-17,25,28-29,38H,3-13,18-24H2,1-2H3,(H,34,39)(H,35,41);1H/t28-,29-;/m1./s1. The lowest BCUT2D eigenvalue weighted by atomic mass is 9.78. The lowest BCUT2D eigenvalue weighted by Gasteiger charge is -2.52. The summed E-state index contributed by atoms with van der Waals surface area (Å²) in [6.45, 7) is 5.93. The van der Waals surface area contributed by atoms with Crippen LogP contribution in [0.3, 0.4) is 0 Å². The van der Waals surface area contributed by atoms with E-state index in [1.165, 1.54) is 6.42 Å². The zero-order valence-electron chi connectivity index (χ0n) is 26.2. The van der Waals surface area contributed by atoms with Gasteiger partial charge < -0.3 is 30.3 Å². The molecule has 2 aliphatic heterocycles. The summed E-state index contributed by atoms with van der Waals surface area (Å²) >= 11 is 0. The number of ether oxygens (including phenoxy) is 1. The minimum atomic E-state index is -0.813. The van der Waals surface area contributed by atoms with Gasteiger partial charge in [0, 0.05) is 32.2 Å². The maximum Gasteiger partial charge on any atom is 0.251 e. The van der Waals surface area contributed by atoms with Gasteiger partial charge in [-0.05, 0) is 81.7 Å². The Morgan fingerprint density at radius 3 is 2.35 bits per heavy atom. The van der Waals surface area contributed by atoms with Gasteiger partial charge in [0.1, 0.15) is 17.3 Å². The van der Waals surface area contributed by atoms with Gasteiger partial charge in [0.15, 0.2) is 0 Å². The van der Waals surface area contributed by atoms with Gasteiger partial charge in [-0.1, -0.05) is 45.4 Å². The Morgan fingerprint density at radius 1 is 1.02 bits per heavy atom. The molecule has 43 heavy (non-hydrogen) atoms. The smallest absolute Gasteiger partial charge is 0.251 e. The van der Waals surface area contributed by atoms with Crippen LogP contribution < -0.4 is 15.4 Å². The molecule has 10 heteroatoms. The van der Waals surface area contributed by atoms with Crippen molar-refractivity contribution in [2.24, 2.45) is 5.92 Å². The Hall–Kier alpha value is -2.36. The number of nitrogens with zero attached hydrogens (tertiary/aromatic N) is 2. The van der Waals surface area contributed by atoms with Crippen LogP contribution >= 0.6 is 12.4 Å². The highest BCUT2D eigenvalue weighted by Crippen LogP contribution is 2.36. The maximum atomic E-state index is 13.8. The number of likely N-dealkylation sites (tertiary alicyclic amines) is 1. The number of aliphatic hydroxyl groups is 1.